The van der Waals surface area contributed by atoms with Crippen molar-refractivity contribution in [1.82, 2.24) is 24.6 Å². The molecule has 0 spiro atoms. The molecule has 1 aliphatic heterocycles. The lowest BCUT2D eigenvalue weighted by atomic mass is 9.98. The minimum atomic E-state index is 0.176. The molecule has 0 radical (unpaired) electrons. The van der Waals surface area contributed by atoms with Crippen LogP contribution >= 0.6 is 0 Å². The Kier molecular flexibility index (Phi) is 7.06. The molecule has 0 amide bonds. The minimum absolute atomic E-state index is 0.176. The maximum atomic E-state index is 9.91. The van der Waals surface area contributed by atoms with Gasteiger partial charge in [-0.1, -0.05) is 44.2 Å². The van der Waals surface area contributed by atoms with E-state index in [2.05, 4.69) is 66.5 Å². The molecule has 0 atom stereocenters. The Morgan fingerprint density at radius 1 is 0.930 bits per heavy atom. The summed E-state index contributed by atoms with van der Waals surface area (Å²) in [6.07, 6.45) is 6.34. The van der Waals surface area contributed by atoms with Crippen LogP contribution in [0.4, 0.5) is 11.4 Å². The standard InChI is InChI=1S/C36H33N7/c1-24(2)35-34-31(28-19-26-7-3-4-8-32(26)39-22-28)15-16-38-36(34)43(41-35)30-14-11-27(21-37)33(20-30)40-29-12-9-25(10-13-29)23-42-17-5-6-18-42/h3-4,7-16,19-20,22,24,40H,5-6,17-18,23H2,1-2H3. The van der Waals surface area contributed by atoms with E-state index in [0.717, 1.165) is 62.4 Å². The average molecular weight is 564 g/mol. The first-order valence-electron chi connectivity index (χ1n) is 14.9. The fourth-order valence-electron chi connectivity index (χ4n) is 6.02. The van der Waals surface area contributed by atoms with Gasteiger partial charge in [0.1, 0.15) is 6.07 Å². The predicted octanol–water partition coefficient (Wildman–Crippen LogP) is 7.97. The summed E-state index contributed by atoms with van der Waals surface area (Å²) in [4.78, 5) is 12.0. The van der Waals surface area contributed by atoms with Crippen molar-refractivity contribution in [3.63, 3.8) is 0 Å². The zero-order chi connectivity index (χ0) is 29.3. The Hall–Kier alpha value is -5.06. The Labute approximate surface area is 251 Å². The third kappa shape index (κ3) is 5.22. The number of nitrogens with zero attached hydrogens (tertiary/aromatic N) is 6. The number of pyridine rings is 2. The molecule has 7 rings (SSSR count). The second-order valence-electron chi connectivity index (χ2n) is 11.6. The van der Waals surface area contributed by atoms with E-state index in [-0.39, 0.29) is 5.92 Å². The van der Waals surface area contributed by atoms with Gasteiger partial charge in [0, 0.05) is 35.6 Å². The van der Waals surface area contributed by atoms with Gasteiger partial charge in [-0.05, 0) is 91.5 Å². The molecule has 0 unspecified atom stereocenters. The lowest BCUT2D eigenvalue weighted by molar-refractivity contribution is 0.331. The van der Waals surface area contributed by atoms with Crippen LogP contribution in [0.2, 0.25) is 0 Å². The van der Waals surface area contributed by atoms with Crippen LogP contribution in [0.3, 0.4) is 0 Å². The van der Waals surface area contributed by atoms with Gasteiger partial charge in [-0.2, -0.15) is 10.4 Å². The number of fused-ring (bicyclic) bond motifs is 2. The molecule has 7 nitrogen and oxygen atoms in total. The van der Waals surface area contributed by atoms with Gasteiger partial charge in [-0.15, -0.1) is 0 Å². The van der Waals surface area contributed by atoms with Crippen molar-refractivity contribution in [1.29, 1.82) is 5.26 Å². The summed E-state index contributed by atoms with van der Waals surface area (Å²) < 4.78 is 1.90. The summed E-state index contributed by atoms with van der Waals surface area (Å²) in [5, 5.41) is 20.6. The topological polar surface area (TPSA) is 82.7 Å². The normalized spacial score (nSPS) is 13.6. The van der Waals surface area contributed by atoms with E-state index in [1.807, 2.05) is 59.5 Å². The van der Waals surface area contributed by atoms with Crippen LogP contribution in [0.1, 0.15) is 49.4 Å². The van der Waals surface area contributed by atoms with E-state index in [0.29, 0.717) is 5.56 Å². The molecule has 43 heavy (non-hydrogen) atoms. The van der Waals surface area contributed by atoms with E-state index < -0.39 is 0 Å². The molecular formula is C36H33N7. The molecule has 1 fully saturated rings. The molecule has 4 heterocycles. The maximum Gasteiger partial charge on any atom is 0.163 e. The zero-order valence-corrected chi connectivity index (χ0v) is 24.5. The van der Waals surface area contributed by atoms with Gasteiger partial charge < -0.3 is 5.32 Å². The zero-order valence-electron chi connectivity index (χ0n) is 24.5. The van der Waals surface area contributed by atoms with Crippen LogP contribution in [0, 0.1) is 11.3 Å². The number of benzene rings is 3. The first kappa shape index (κ1) is 26.8. The number of likely N-dealkylation sites (tertiary alicyclic amines) is 1. The van der Waals surface area contributed by atoms with E-state index in [1.165, 1.54) is 31.5 Å². The van der Waals surface area contributed by atoms with Crippen LogP contribution < -0.4 is 5.32 Å². The Balaban J connectivity index is 1.27. The molecular weight excluding hydrogens is 530 g/mol. The van der Waals surface area contributed by atoms with Gasteiger partial charge in [0.25, 0.3) is 0 Å². The highest BCUT2D eigenvalue weighted by molar-refractivity contribution is 5.97. The van der Waals surface area contributed by atoms with Gasteiger partial charge in [0.2, 0.25) is 0 Å². The quantitative estimate of drug-likeness (QED) is 0.212. The number of para-hydroxylation sites is 1. The lowest BCUT2D eigenvalue weighted by Crippen LogP contribution is -2.18. The van der Waals surface area contributed by atoms with E-state index in [1.54, 1.807) is 0 Å². The maximum absolute atomic E-state index is 9.91. The molecule has 6 aromatic rings. The van der Waals surface area contributed by atoms with E-state index in [9.17, 15) is 5.26 Å². The Morgan fingerprint density at radius 2 is 1.74 bits per heavy atom. The molecule has 0 saturated carbocycles. The fourth-order valence-corrected chi connectivity index (χ4v) is 6.02. The van der Waals surface area contributed by atoms with E-state index >= 15 is 0 Å². The minimum Gasteiger partial charge on any atom is -0.354 e. The third-order valence-corrected chi connectivity index (χ3v) is 8.25. The summed E-state index contributed by atoms with van der Waals surface area (Å²) in [7, 11) is 0. The summed E-state index contributed by atoms with van der Waals surface area (Å²) in [5.41, 5.74) is 9.18. The van der Waals surface area contributed by atoms with Gasteiger partial charge in [-0.3, -0.25) is 9.88 Å². The Bertz CT molecular complexity index is 1980. The van der Waals surface area contributed by atoms with Crippen molar-refractivity contribution in [3.05, 3.63) is 108 Å². The van der Waals surface area contributed by atoms with Crippen molar-refractivity contribution in [2.45, 2.75) is 39.2 Å². The Morgan fingerprint density at radius 3 is 2.53 bits per heavy atom. The number of nitriles is 1. The highest BCUT2D eigenvalue weighted by Crippen LogP contribution is 2.36. The van der Waals surface area contributed by atoms with Crippen molar-refractivity contribution in [3.8, 4) is 22.9 Å². The van der Waals surface area contributed by atoms with Crippen molar-refractivity contribution < 1.29 is 0 Å². The summed E-state index contributed by atoms with van der Waals surface area (Å²) in [5.74, 6) is 0.176. The molecule has 3 aromatic carbocycles. The smallest absolute Gasteiger partial charge is 0.163 e. The average Bonchev–Trinajstić information content (AvgIpc) is 3.70. The highest BCUT2D eigenvalue weighted by atomic mass is 15.3. The molecule has 212 valence electrons. The van der Waals surface area contributed by atoms with Gasteiger partial charge in [0.05, 0.1) is 33.5 Å². The molecule has 0 bridgehead atoms. The van der Waals surface area contributed by atoms with Crippen molar-refractivity contribution in [2.75, 3.05) is 18.4 Å². The lowest BCUT2D eigenvalue weighted by Gasteiger charge is -2.15. The predicted molar refractivity (Wildman–Crippen MR) is 173 cm³/mol. The molecule has 7 heteroatoms. The van der Waals surface area contributed by atoms with Crippen LogP contribution in [0.15, 0.2) is 91.3 Å². The van der Waals surface area contributed by atoms with Gasteiger partial charge in [0.15, 0.2) is 5.65 Å². The fraction of sp³-hybridized carbons (Fsp3) is 0.222. The number of hydrogen-bond donors (Lipinski definition) is 1. The van der Waals surface area contributed by atoms with Crippen molar-refractivity contribution in [2.24, 2.45) is 0 Å². The number of anilines is 2. The van der Waals surface area contributed by atoms with Crippen LogP contribution in [0.5, 0.6) is 0 Å². The molecule has 0 aliphatic carbocycles. The molecule has 1 N–H and O–H groups in total. The van der Waals surface area contributed by atoms with Gasteiger partial charge >= 0.3 is 0 Å². The largest absolute Gasteiger partial charge is 0.354 e. The second kappa shape index (κ2) is 11.3. The van der Waals surface area contributed by atoms with Crippen LogP contribution in [-0.2, 0) is 6.54 Å². The second-order valence-corrected chi connectivity index (χ2v) is 11.6. The SMILES string of the molecule is CC(C)c1nn(-c2ccc(C#N)c(Nc3ccc(CN4CCCC4)cc3)c2)c2nccc(-c3cnc4ccccc4c3)c12. The van der Waals surface area contributed by atoms with E-state index in [4.69, 9.17) is 15.1 Å². The number of aromatic nitrogens is 4. The molecule has 3 aromatic heterocycles. The first-order chi connectivity index (χ1) is 21.1. The number of rotatable bonds is 7. The van der Waals surface area contributed by atoms with Gasteiger partial charge in [-0.25, -0.2) is 9.67 Å². The summed E-state index contributed by atoms with van der Waals surface area (Å²) >= 11 is 0. The number of hydrogen-bond acceptors (Lipinski definition) is 6. The van der Waals surface area contributed by atoms with Crippen molar-refractivity contribution >= 4 is 33.3 Å². The first-order valence-corrected chi connectivity index (χ1v) is 14.9. The highest BCUT2D eigenvalue weighted by Gasteiger charge is 2.21. The summed E-state index contributed by atoms with van der Waals surface area (Å²) in [6.45, 7) is 7.64. The third-order valence-electron chi connectivity index (χ3n) is 8.25. The van der Waals surface area contributed by atoms with Crippen LogP contribution in [-0.4, -0.2) is 37.7 Å². The number of nitrogens with one attached hydrogen (secondary N) is 1. The monoisotopic (exact) mass is 563 g/mol. The summed E-state index contributed by atoms with van der Waals surface area (Å²) in [6, 6.07) is 29.0. The van der Waals surface area contributed by atoms with Crippen LogP contribution in [0.25, 0.3) is 38.8 Å². The molecule has 1 saturated heterocycles. The molecule has 1 aliphatic rings.